The van der Waals surface area contributed by atoms with E-state index in [1.165, 1.54) is 19.9 Å². The van der Waals surface area contributed by atoms with Crippen LogP contribution in [0, 0.1) is 17.2 Å². The summed E-state index contributed by atoms with van der Waals surface area (Å²) in [6, 6.07) is 5.14. The number of nitrogens with one attached hydrogen (secondary N) is 2. The van der Waals surface area contributed by atoms with Gasteiger partial charge < -0.3 is 10.6 Å². The Morgan fingerprint density at radius 1 is 1.34 bits per heavy atom. The second kappa shape index (κ2) is 7.39. The lowest BCUT2D eigenvalue weighted by Crippen LogP contribution is -2.52. The molecule has 1 aliphatic rings. The maximum absolute atomic E-state index is 13.0. The summed E-state index contributed by atoms with van der Waals surface area (Å²) in [7, 11) is 0. The van der Waals surface area contributed by atoms with Crippen LogP contribution >= 0.6 is 0 Å². The number of carbonyl (C=O) groups is 3. The minimum Gasteiger partial charge on any atom is -0.336 e. The lowest BCUT2D eigenvalue weighted by atomic mass is 9.90. The molecular weight excluding hydrogens is 389 g/mol. The van der Waals surface area contributed by atoms with Crippen molar-refractivity contribution in [1.82, 2.24) is 15.5 Å². The quantitative estimate of drug-likeness (QED) is 0.728. The molecule has 2 atom stereocenters. The number of imide groups is 1. The molecular formula is C19H21F3N4O3. The molecule has 1 fully saturated rings. The SMILES string of the molecule is CC(C)[C@](C)(C#N)NC(=O)CN1C(=O)N[C@@](C)(c2cccc(C(F)(F)F)c2)C1=O. The van der Waals surface area contributed by atoms with Crippen molar-refractivity contribution in [3.63, 3.8) is 0 Å². The van der Waals surface area contributed by atoms with Gasteiger partial charge in [0.15, 0.2) is 0 Å². The number of carbonyl (C=O) groups excluding carboxylic acids is 3. The standard InChI is InChI=1S/C19H21F3N4O3/c1-11(2)17(3,10-23)24-14(27)9-26-15(28)18(4,25-16(26)29)12-6-5-7-13(8-12)19(20,21)22/h5-8,11H,9H2,1-4H3,(H,24,27)(H,25,29)/t17-,18-/m0/s1. The maximum atomic E-state index is 13.0. The normalized spacial score (nSPS) is 21.6. The van der Waals surface area contributed by atoms with Crippen molar-refractivity contribution in [1.29, 1.82) is 5.26 Å². The molecule has 0 aliphatic carbocycles. The summed E-state index contributed by atoms with van der Waals surface area (Å²) in [5.41, 5.74) is -3.98. The Morgan fingerprint density at radius 2 is 1.97 bits per heavy atom. The van der Waals surface area contributed by atoms with Gasteiger partial charge in [-0.05, 0) is 37.5 Å². The molecule has 156 valence electrons. The zero-order valence-electron chi connectivity index (χ0n) is 16.3. The summed E-state index contributed by atoms with van der Waals surface area (Å²) >= 11 is 0. The molecule has 1 aromatic carbocycles. The third-order valence-electron chi connectivity index (χ3n) is 5.13. The molecule has 1 saturated heterocycles. The van der Waals surface area contributed by atoms with E-state index >= 15 is 0 Å². The van der Waals surface area contributed by atoms with Gasteiger partial charge in [-0.2, -0.15) is 18.4 Å². The van der Waals surface area contributed by atoms with Crippen LogP contribution in [0.3, 0.4) is 0 Å². The summed E-state index contributed by atoms with van der Waals surface area (Å²) in [5.74, 6) is -1.84. The minimum atomic E-state index is -4.61. The average molecular weight is 410 g/mol. The molecule has 1 aliphatic heterocycles. The first-order chi connectivity index (χ1) is 13.2. The Labute approximate surface area is 165 Å². The number of halogens is 3. The summed E-state index contributed by atoms with van der Waals surface area (Å²) in [6.45, 7) is 5.56. The van der Waals surface area contributed by atoms with Crippen molar-refractivity contribution in [2.45, 2.75) is 44.9 Å². The Balaban J connectivity index is 2.26. The fourth-order valence-electron chi connectivity index (χ4n) is 2.82. The Morgan fingerprint density at radius 3 is 2.48 bits per heavy atom. The summed E-state index contributed by atoms with van der Waals surface area (Å²) in [4.78, 5) is 38.0. The first kappa shape index (κ1) is 22.2. The highest BCUT2D eigenvalue weighted by molar-refractivity contribution is 6.09. The monoisotopic (exact) mass is 410 g/mol. The van der Waals surface area contributed by atoms with Crippen molar-refractivity contribution >= 4 is 17.8 Å². The first-order valence-electron chi connectivity index (χ1n) is 8.78. The molecule has 0 spiro atoms. The molecule has 2 rings (SSSR count). The van der Waals surface area contributed by atoms with E-state index in [4.69, 9.17) is 0 Å². The zero-order valence-corrected chi connectivity index (χ0v) is 16.3. The molecule has 4 amide bonds. The van der Waals surface area contributed by atoms with Gasteiger partial charge in [0.2, 0.25) is 5.91 Å². The third kappa shape index (κ3) is 4.18. The zero-order chi connectivity index (χ0) is 22.2. The van der Waals surface area contributed by atoms with Gasteiger partial charge in [0, 0.05) is 0 Å². The number of amides is 4. The Bertz CT molecular complexity index is 893. The number of benzene rings is 1. The highest BCUT2D eigenvalue weighted by Gasteiger charge is 2.50. The molecule has 1 heterocycles. The van der Waals surface area contributed by atoms with Crippen LogP contribution in [-0.2, 0) is 21.3 Å². The van der Waals surface area contributed by atoms with Crippen molar-refractivity contribution < 1.29 is 27.6 Å². The molecule has 7 nitrogen and oxygen atoms in total. The topological polar surface area (TPSA) is 102 Å². The smallest absolute Gasteiger partial charge is 0.336 e. The number of nitrogens with zero attached hydrogens (tertiary/aromatic N) is 2. The number of hydrogen-bond donors (Lipinski definition) is 2. The van der Waals surface area contributed by atoms with Gasteiger partial charge in [0.05, 0.1) is 11.6 Å². The van der Waals surface area contributed by atoms with Gasteiger partial charge in [-0.3, -0.25) is 14.5 Å². The molecule has 0 aromatic heterocycles. The van der Waals surface area contributed by atoms with Crippen molar-refractivity contribution in [2.24, 2.45) is 5.92 Å². The summed E-state index contributed by atoms with van der Waals surface area (Å²) in [6.07, 6.45) is -4.61. The molecule has 0 radical (unpaired) electrons. The summed E-state index contributed by atoms with van der Waals surface area (Å²) < 4.78 is 39.0. The Kier molecular flexibility index (Phi) is 5.65. The van der Waals surface area contributed by atoms with E-state index in [0.29, 0.717) is 4.90 Å². The largest absolute Gasteiger partial charge is 0.416 e. The number of alkyl halides is 3. The number of nitriles is 1. The first-order valence-corrected chi connectivity index (χ1v) is 8.78. The molecule has 0 bridgehead atoms. The van der Waals surface area contributed by atoms with E-state index in [1.54, 1.807) is 13.8 Å². The number of rotatable bonds is 5. The van der Waals surface area contributed by atoms with Crippen LogP contribution < -0.4 is 10.6 Å². The van der Waals surface area contributed by atoms with Gasteiger partial charge >= 0.3 is 12.2 Å². The fourth-order valence-corrected chi connectivity index (χ4v) is 2.82. The van der Waals surface area contributed by atoms with Crippen molar-refractivity contribution in [2.75, 3.05) is 6.54 Å². The highest BCUT2D eigenvalue weighted by Crippen LogP contribution is 2.34. The maximum Gasteiger partial charge on any atom is 0.416 e. The lowest BCUT2D eigenvalue weighted by molar-refractivity contribution is -0.138. The van der Waals surface area contributed by atoms with Crippen LogP contribution in [0.25, 0.3) is 0 Å². The highest BCUT2D eigenvalue weighted by atomic mass is 19.4. The summed E-state index contributed by atoms with van der Waals surface area (Å²) in [5, 5.41) is 14.1. The second-order valence-corrected chi connectivity index (χ2v) is 7.54. The van der Waals surface area contributed by atoms with Crippen molar-refractivity contribution in [3.8, 4) is 6.07 Å². The predicted molar refractivity (Wildman–Crippen MR) is 96.0 cm³/mol. The van der Waals surface area contributed by atoms with Gasteiger partial charge in [-0.25, -0.2) is 4.79 Å². The molecule has 2 N–H and O–H groups in total. The van der Waals surface area contributed by atoms with Crippen LogP contribution in [0.5, 0.6) is 0 Å². The van der Waals surface area contributed by atoms with E-state index in [-0.39, 0.29) is 11.5 Å². The van der Waals surface area contributed by atoms with Crippen LogP contribution in [0.2, 0.25) is 0 Å². The molecule has 10 heteroatoms. The second-order valence-electron chi connectivity index (χ2n) is 7.54. The van der Waals surface area contributed by atoms with E-state index in [9.17, 15) is 32.8 Å². The molecule has 0 saturated carbocycles. The average Bonchev–Trinajstić information content (AvgIpc) is 2.85. The Hall–Kier alpha value is -3.09. The lowest BCUT2D eigenvalue weighted by Gasteiger charge is -2.28. The molecule has 29 heavy (non-hydrogen) atoms. The van der Waals surface area contributed by atoms with Gasteiger partial charge in [-0.1, -0.05) is 26.0 Å². The van der Waals surface area contributed by atoms with Gasteiger partial charge in [0.1, 0.15) is 17.6 Å². The van der Waals surface area contributed by atoms with Crippen molar-refractivity contribution in [3.05, 3.63) is 35.4 Å². The van der Waals surface area contributed by atoms with Crippen LogP contribution in [0.1, 0.15) is 38.8 Å². The van der Waals surface area contributed by atoms with Gasteiger partial charge in [0.25, 0.3) is 5.91 Å². The van der Waals surface area contributed by atoms with E-state index in [1.807, 2.05) is 6.07 Å². The molecule has 1 aromatic rings. The number of hydrogen-bond acceptors (Lipinski definition) is 4. The van der Waals surface area contributed by atoms with Crippen LogP contribution in [-0.4, -0.2) is 34.8 Å². The van der Waals surface area contributed by atoms with Crippen LogP contribution in [0.4, 0.5) is 18.0 Å². The molecule has 0 unspecified atom stereocenters. The van der Waals surface area contributed by atoms with Gasteiger partial charge in [-0.15, -0.1) is 0 Å². The number of urea groups is 1. The van der Waals surface area contributed by atoms with Crippen LogP contribution in [0.15, 0.2) is 24.3 Å². The fraction of sp³-hybridized carbons (Fsp3) is 0.474. The minimum absolute atomic E-state index is 0.0578. The van der Waals surface area contributed by atoms with E-state index < -0.39 is 47.2 Å². The van der Waals surface area contributed by atoms with E-state index in [0.717, 1.165) is 18.2 Å². The predicted octanol–water partition coefficient (Wildman–Crippen LogP) is 2.53. The third-order valence-corrected chi connectivity index (χ3v) is 5.13. The van der Waals surface area contributed by atoms with E-state index in [2.05, 4.69) is 10.6 Å².